The number of hydrogen-bond acceptors (Lipinski definition) is 4. The Balaban J connectivity index is 2.05. The van der Waals surface area contributed by atoms with E-state index in [1.54, 1.807) is 0 Å². The van der Waals surface area contributed by atoms with E-state index in [-0.39, 0.29) is 5.54 Å². The fourth-order valence-electron chi connectivity index (χ4n) is 3.22. The van der Waals surface area contributed by atoms with Crippen molar-refractivity contribution in [2.45, 2.75) is 52.1 Å². The number of anilines is 2. The van der Waals surface area contributed by atoms with Crippen LogP contribution in [0.4, 0.5) is 11.8 Å². The molecule has 0 radical (unpaired) electrons. The van der Waals surface area contributed by atoms with E-state index in [0.29, 0.717) is 11.9 Å². The van der Waals surface area contributed by atoms with Crippen molar-refractivity contribution in [1.29, 1.82) is 0 Å². The Kier molecular flexibility index (Phi) is 4.00. The zero-order valence-corrected chi connectivity index (χ0v) is 14.7. The summed E-state index contributed by atoms with van der Waals surface area (Å²) in [5, 5.41) is 3.10. The lowest BCUT2D eigenvalue weighted by Crippen LogP contribution is -2.49. The lowest BCUT2D eigenvalue weighted by Gasteiger charge is -2.44. The van der Waals surface area contributed by atoms with Crippen LogP contribution in [0.1, 0.15) is 50.4 Å². The summed E-state index contributed by atoms with van der Waals surface area (Å²) >= 11 is 0. The number of nitrogens with zero attached hydrogens (tertiary/aromatic N) is 3. The normalized spacial score (nSPS) is 16.3. The monoisotopic (exact) mass is 310 g/mol. The number of benzene rings is 1. The van der Waals surface area contributed by atoms with Crippen molar-refractivity contribution in [3.8, 4) is 0 Å². The van der Waals surface area contributed by atoms with Gasteiger partial charge < -0.3 is 10.2 Å². The molecule has 0 saturated heterocycles. The number of fused-ring (bicyclic) bond motifs is 1. The Morgan fingerprint density at radius 2 is 1.83 bits per heavy atom. The second-order valence-corrected chi connectivity index (χ2v) is 7.22. The van der Waals surface area contributed by atoms with Gasteiger partial charge in [-0.15, -0.1) is 0 Å². The highest BCUT2D eigenvalue weighted by Crippen LogP contribution is 2.35. The van der Waals surface area contributed by atoms with Crippen LogP contribution >= 0.6 is 0 Å². The van der Waals surface area contributed by atoms with Gasteiger partial charge in [-0.3, -0.25) is 0 Å². The van der Waals surface area contributed by atoms with Crippen LogP contribution in [-0.2, 0) is 13.0 Å². The first-order chi connectivity index (χ1) is 10.9. The van der Waals surface area contributed by atoms with E-state index in [1.807, 2.05) is 7.05 Å². The van der Waals surface area contributed by atoms with Crippen molar-refractivity contribution < 1.29 is 0 Å². The first-order valence-electron chi connectivity index (χ1n) is 8.32. The molecule has 0 atom stereocenters. The van der Waals surface area contributed by atoms with Crippen molar-refractivity contribution in [2.75, 3.05) is 17.3 Å². The highest BCUT2D eigenvalue weighted by molar-refractivity contribution is 5.51. The average Bonchev–Trinajstić information content (AvgIpc) is 2.52. The summed E-state index contributed by atoms with van der Waals surface area (Å²) in [7, 11) is 1.87. The summed E-state index contributed by atoms with van der Waals surface area (Å²) in [6.07, 6.45) is 1.03. The molecule has 1 aromatic carbocycles. The van der Waals surface area contributed by atoms with Crippen LogP contribution in [0.3, 0.4) is 0 Å². The molecule has 23 heavy (non-hydrogen) atoms. The van der Waals surface area contributed by atoms with Gasteiger partial charge in [-0.25, -0.2) is 4.98 Å². The number of hydrogen-bond donors (Lipinski definition) is 1. The van der Waals surface area contributed by atoms with E-state index >= 15 is 0 Å². The molecule has 3 rings (SSSR count). The van der Waals surface area contributed by atoms with Gasteiger partial charge in [-0.05, 0) is 37.3 Å². The second kappa shape index (κ2) is 5.84. The minimum absolute atomic E-state index is 0.0297. The SMILES string of the molecule is CNc1nc(C(C)C)cc(N2Cc3ccccc3CC2(C)C)n1. The Morgan fingerprint density at radius 3 is 2.48 bits per heavy atom. The Labute approximate surface area is 139 Å². The molecule has 1 N–H and O–H groups in total. The molecule has 2 aromatic rings. The van der Waals surface area contributed by atoms with Crippen LogP contribution < -0.4 is 10.2 Å². The fraction of sp³-hybridized carbons (Fsp3) is 0.474. The molecule has 0 fully saturated rings. The highest BCUT2D eigenvalue weighted by Gasteiger charge is 2.34. The van der Waals surface area contributed by atoms with Gasteiger partial charge in [0.2, 0.25) is 5.95 Å². The molecule has 1 aliphatic rings. The first-order valence-corrected chi connectivity index (χ1v) is 8.32. The van der Waals surface area contributed by atoms with Crippen LogP contribution in [-0.4, -0.2) is 22.6 Å². The summed E-state index contributed by atoms with van der Waals surface area (Å²) < 4.78 is 0. The minimum Gasteiger partial charge on any atom is -0.357 e. The quantitative estimate of drug-likeness (QED) is 0.931. The largest absolute Gasteiger partial charge is 0.357 e. The minimum atomic E-state index is 0.0297. The van der Waals surface area contributed by atoms with Crippen molar-refractivity contribution in [3.05, 3.63) is 47.2 Å². The predicted molar refractivity (Wildman–Crippen MR) is 96.1 cm³/mol. The molecule has 1 aliphatic heterocycles. The molecular formula is C19H26N4. The molecular weight excluding hydrogens is 284 g/mol. The zero-order valence-electron chi connectivity index (χ0n) is 14.7. The van der Waals surface area contributed by atoms with Crippen molar-refractivity contribution >= 4 is 11.8 Å². The molecule has 0 spiro atoms. The summed E-state index contributed by atoms with van der Waals surface area (Å²) in [6.45, 7) is 9.81. The third kappa shape index (κ3) is 3.03. The molecule has 0 amide bonds. The van der Waals surface area contributed by atoms with E-state index in [1.165, 1.54) is 11.1 Å². The van der Waals surface area contributed by atoms with Gasteiger partial charge in [0.15, 0.2) is 0 Å². The summed E-state index contributed by atoms with van der Waals surface area (Å²) in [5.41, 5.74) is 3.94. The maximum Gasteiger partial charge on any atom is 0.224 e. The standard InChI is InChI=1S/C19H26N4/c1-13(2)16-10-17(22-18(20-5)21-16)23-12-15-9-7-6-8-14(15)11-19(23,3)4/h6-10,13H,11-12H2,1-5H3,(H,20,21,22). The van der Waals surface area contributed by atoms with Gasteiger partial charge in [-0.1, -0.05) is 38.1 Å². The number of rotatable bonds is 3. The van der Waals surface area contributed by atoms with E-state index in [4.69, 9.17) is 4.98 Å². The molecule has 0 bridgehead atoms. The molecule has 4 heteroatoms. The van der Waals surface area contributed by atoms with Crippen molar-refractivity contribution in [1.82, 2.24) is 9.97 Å². The molecule has 2 heterocycles. The topological polar surface area (TPSA) is 41.1 Å². The third-order valence-corrected chi connectivity index (χ3v) is 4.62. The highest BCUT2D eigenvalue weighted by atomic mass is 15.3. The van der Waals surface area contributed by atoms with Crippen LogP contribution in [0, 0.1) is 0 Å². The Bertz CT molecular complexity index is 706. The molecule has 0 saturated carbocycles. The van der Waals surface area contributed by atoms with Gasteiger partial charge in [0.05, 0.1) is 5.69 Å². The van der Waals surface area contributed by atoms with Gasteiger partial charge in [0.25, 0.3) is 0 Å². The van der Waals surface area contributed by atoms with E-state index in [9.17, 15) is 0 Å². The van der Waals surface area contributed by atoms with E-state index < -0.39 is 0 Å². The predicted octanol–water partition coefficient (Wildman–Crippen LogP) is 3.98. The Morgan fingerprint density at radius 1 is 1.13 bits per heavy atom. The van der Waals surface area contributed by atoms with Crippen LogP contribution in [0.5, 0.6) is 0 Å². The molecule has 0 unspecified atom stereocenters. The lowest BCUT2D eigenvalue weighted by atomic mass is 9.85. The van der Waals surface area contributed by atoms with Crippen molar-refractivity contribution in [3.63, 3.8) is 0 Å². The van der Waals surface area contributed by atoms with Gasteiger partial charge in [-0.2, -0.15) is 4.98 Å². The van der Waals surface area contributed by atoms with E-state index in [2.05, 4.69) is 73.2 Å². The summed E-state index contributed by atoms with van der Waals surface area (Å²) in [6, 6.07) is 10.9. The van der Waals surface area contributed by atoms with Crippen LogP contribution in [0.2, 0.25) is 0 Å². The van der Waals surface area contributed by atoms with Gasteiger partial charge in [0, 0.05) is 25.2 Å². The lowest BCUT2D eigenvalue weighted by molar-refractivity contribution is 0.427. The number of nitrogens with one attached hydrogen (secondary N) is 1. The van der Waals surface area contributed by atoms with Gasteiger partial charge in [0.1, 0.15) is 5.82 Å². The van der Waals surface area contributed by atoms with Crippen LogP contribution in [0.25, 0.3) is 0 Å². The molecule has 4 nitrogen and oxygen atoms in total. The van der Waals surface area contributed by atoms with Crippen molar-refractivity contribution in [2.24, 2.45) is 0 Å². The number of aromatic nitrogens is 2. The maximum absolute atomic E-state index is 4.73. The Hall–Kier alpha value is -2.10. The zero-order chi connectivity index (χ0) is 16.6. The molecule has 0 aliphatic carbocycles. The van der Waals surface area contributed by atoms with Gasteiger partial charge >= 0.3 is 0 Å². The fourth-order valence-corrected chi connectivity index (χ4v) is 3.22. The smallest absolute Gasteiger partial charge is 0.224 e. The summed E-state index contributed by atoms with van der Waals surface area (Å²) in [5.74, 6) is 2.08. The maximum atomic E-state index is 4.73. The molecule has 1 aromatic heterocycles. The summed E-state index contributed by atoms with van der Waals surface area (Å²) in [4.78, 5) is 11.7. The molecule has 122 valence electrons. The third-order valence-electron chi connectivity index (χ3n) is 4.62. The first kappa shape index (κ1) is 15.8. The second-order valence-electron chi connectivity index (χ2n) is 7.22. The van der Waals surface area contributed by atoms with Crippen LogP contribution in [0.15, 0.2) is 30.3 Å². The van der Waals surface area contributed by atoms with E-state index in [0.717, 1.165) is 24.5 Å². The average molecular weight is 310 g/mol.